The largest absolute Gasteiger partial charge is 0.381 e. The van der Waals surface area contributed by atoms with Crippen molar-refractivity contribution in [2.75, 3.05) is 25.1 Å². The van der Waals surface area contributed by atoms with Crippen molar-refractivity contribution in [3.05, 3.63) is 38.4 Å². The molecule has 1 fully saturated rings. The Hall–Kier alpha value is -2.22. The number of non-ortho nitro benzene ring substituents is 1. The number of ether oxygens (including phenoxy) is 1. The topological polar surface area (TPSA) is 108 Å². The van der Waals surface area contributed by atoms with E-state index in [0.717, 1.165) is 19.1 Å². The van der Waals surface area contributed by atoms with Crippen molar-refractivity contribution in [3.63, 3.8) is 0 Å². The van der Waals surface area contributed by atoms with Crippen LogP contribution < -0.4 is 5.32 Å². The number of benzene rings is 1. The smallest absolute Gasteiger partial charge is 0.299 e. The first kappa shape index (κ1) is 15.2. The average molecular weight is 295 g/mol. The maximum Gasteiger partial charge on any atom is 0.299 e. The molecule has 8 nitrogen and oxygen atoms in total. The summed E-state index contributed by atoms with van der Waals surface area (Å²) in [6.07, 6.45) is 3.21. The Kier molecular flexibility index (Phi) is 5.04. The van der Waals surface area contributed by atoms with E-state index in [1.807, 2.05) is 0 Å². The molecule has 0 aromatic heterocycles. The van der Waals surface area contributed by atoms with E-state index < -0.39 is 9.85 Å². The molecule has 21 heavy (non-hydrogen) atoms. The summed E-state index contributed by atoms with van der Waals surface area (Å²) in [6.45, 7) is 1.91. The second kappa shape index (κ2) is 6.98. The van der Waals surface area contributed by atoms with E-state index in [0.29, 0.717) is 19.1 Å². The number of nitrogens with one attached hydrogen (secondary N) is 1. The number of anilines is 1. The Morgan fingerprint density at radius 1 is 1.24 bits per heavy atom. The van der Waals surface area contributed by atoms with Crippen molar-refractivity contribution in [3.8, 4) is 0 Å². The van der Waals surface area contributed by atoms with E-state index in [2.05, 4.69) is 5.32 Å². The highest BCUT2D eigenvalue weighted by Crippen LogP contribution is 2.29. The predicted octanol–water partition coefficient (Wildman–Crippen LogP) is 2.73. The number of nitro benzene ring substituents is 2. The molecule has 1 aromatic rings. The Bertz CT molecular complexity index is 531. The van der Waals surface area contributed by atoms with Gasteiger partial charge in [-0.1, -0.05) is 0 Å². The molecule has 1 N–H and O–H groups in total. The highest BCUT2D eigenvalue weighted by atomic mass is 16.6. The van der Waals surface area contributed by atoms with Gasteiger partial charge < -0.3 is 10.1 Å². The molecule has 0 amide bonds. The molecule has 114 valence electrons. The van der Waals surface area contributed by atoms with Crippen molar-refractivity contribution in [1.82, 2.24) is 0 Å². The van der Waals surface area contributed by atoms with Gasteiger partial charge in [-0.2, -0.15) is 0 Å². The minimum absolute atomic E-state index is 0.285. The van der Waals surface area contributed by atoms with Gasteiger partial charge in [0.15, 0.2) is 0 Å². The maximum absolute atomic E-state index is 10.9. The van der Waals surface area contributed by atoms with E-state index >= 15 is 0 Å². The number of hydrogen-bond donors (Lipinski definition) is 1. The van der Waals surface area contributed by atoms with E-state index in [9.17, 15) is 20.2 Å². The zero-order valence-electron chi connectivity index (χ0n) is 11.5. The SMILES string of the molecule is O=[N+]([O-])c1ccc(NCCCOCC2CC2)c([N+](=O)[O-])c1. The van der Waals surface area contributed by atoms with Gasteiger partial charge in [-0.25, -0.2) is 0 Å². The normalized spacial score (nSPS) is 13.9. The first-order valence-electron chi connectivity index (χ1n) is 6.82. The molecule has 0 spiro atoms. The van der Waals surface area contributed by atoms with Gasteiger partial charge in [-0.15, -0.1) is 0 Å². The lowest BCUT2D eigenvalue weighted by Crippen LogP contribution is -2.08. The van der Waals surface area contributed by atoms with Gasteiger partial charge in [0.2, 0.25) is 0 Å². The van der Waals surface area contributed by atoms with E-state index in [1.54, 1.807) is 0 Å². The Morgan fingerprint density at radius 3 is 2.62 bits per heavy atom. The van der Waals surface area contributed by atoms with Gasteiger partial charge in [0, 0.05) is 25.8 Å². The monoisotopic (exact) mass is 295 g/mol. The minimum atomic E-state index is -0.650. The summed E-state index contributed by atoms with van der Waals surface area (Å²) in [4.78, 5) is 20.3. The van der Waals surface area contributed by atoms with Crippen LogP contribution in [0.3, 0.4) is 0 Å². The molecule has 1 aliphatic carbocycles. The quantitative estimate of drug-likeness (QED) is 0.426. The molecule has 1 aliphatic rings. The summed E-state index contributed by atoms with van der Waals surface area (Å²) in [7, 11) is 0. The van der Waals surface area contributed by atoms with Crippen LogP contribution in [0.1, 0.15) is 19.3 Å². The van der Waals surface area contributed by atoms with Crippen LogP contribution in [0.25, 0.3) is 0 Å². The zero-order valence-corrected chi connectivity index (χ0v) is 11.5. The van der Waals surface area contributed by atoms with Crippen LogP contribution in [0.4, 0.5) is 17.1 Å². The van der Waals surface area contributed by atoms with Gasteiger partial charge >= 0.3 is 0 Å². The molecule has 0 bridgehead atoms. The molecule has 1 saturated carbocycles. The predicted molar refractivity (Wildman–Crippen MR) is 76.4 cm³/mol. The van der Waals surface area contributed by atoms with Crippen LogP contribution in [0, 0.1) is 26.1 Å². The minimum Gasteiger partial charge on any atom is -0.381 e. The van der Waals surface area contributed by atoms with Crippen molar-refractivity contribution in [2.24, 2.45) is 5.92 Å². The second-order valence-electron chi connectivity index (χ2n) is 5.01. The molecule has 8 heteroatoms. The third-order valence-electron chi connectivity index (χ3n) is 3.22. The molecule has 0 atom stereocenters. The third-order valence-corrected chi connectivity index (χ3v) is 3.22. The number of nitrogens with zero attached hydrogens (tertiary/aromatic N) is 2. The van der Waals surface area contributed by atoms with Gasteiger partial charge in [-0.05, 0) is 31.2 Å². The molecule has 1 aromatic carbocycles. The first-order chi connectivity index (χ1) is 10.1. The van der Waals surface area contributed by atoms with Gasteiger partial charge in [-0.3, -0.25) is 20.2 Å². The second-order valence-corrected chi connectivity index (χ2v) is 5.01. The van der Waals surface area contributed by atoms with E-state index in [-0.39, 0.29) is 17.1 Å². The fraction of sp³-hybridized carbons (Fsp3) is 0.538. The molecule has 2 rings (SSSR count). The van der Waals surface area contributed by atoms with Crippen molar-refractivity contribution < 1.29 is 14.6 Å². The Balaban J connectivity index is 1.83. The third kappa shape index (κ3) is 4.67. The first-order valence-corrected chi connectivity index (χ1v) is 6.82. The zero-order chi connectivity index (χ0) is 15.2. The molecular weight excluding hydrogens is 278 g/mol. The van der Waals surface area contributed by atoms with E-state index in [1.165, 1.54) is 25.0 Å². The number of hydrogen-bond acceptors (Lipinski definition) is 6. The standard InChI is InChI=1S/C13H17N3O5/c17-15(18)11-4-5-12(13(8-11)16(19)20)14-6-1-7-21-9-10-2-3-10/h4-5,8,10,14H,1-3,6-7,9H2. The van der Waals surface area contributed by atoms with Crippen LogP contribution in [-0.4, -0.2) is 29.6 Å². The lowest BCUT2D eigenvalue weighted by Gasteiger charge is -2.07. The van der Waals surface area contributed by atoms with Crippen molar-refractivity contribution >= 4 is 17.1 Å². The average Bonchev–Trinajstić information content (AvgIpc) is 3.26. The lowest BCUT2D eigenvalue weighted by molar-refractivity contribution is -0.393. The fourth-order valence-electron chi connectivity index (χ4n) is 1.87. The number of rotatable bonds is 9. The summed E-state index contributed by atoms with van der Waals surface area (Å²) >= 11 is 0. The molecule has 0 aliphatic heterocycles. The van der Waals surface area contributed by atoms with Crippen LogP contribution in [-0.2, 0) is 4.74 Å². The Labute approximate surface area is 121 Å². The molecule has 0 heterocycles. The van der Waals surface area contributed by atoms with Crippen LogP contribution in [0.5, 0.6) is 0 Å². The van der Waals surface area contributed by atoms with Crippen LogP contribution in [0.2, 0.25) is 0 Å². The fourth-order valence-corrected chi connectivity index (χ4v) is 1.87. The van der Waals surface area contributed by atoms with Crippen LogP contribution in [0.15, 0.2) is 18.2 Å². The highest BCUT2D eigenvalue weighted by Gasteiger charge is 2.21. The maximum atomic E-state index is 10.9. The Morgan fingerprint density at radius 2 is 2.00 bits per heavy atom. The summed E-state index contributed by atoms with van der Waals surface area (Å²) in [6, 6.07) is 3.58. The van der Waals surface area contributed by atoms with Gasteiger partial charge in [0.25, 0.3) is 11.4 Å². The summed E-state index contributed by atoms with van der Waals surface area (Å²) in [5.74, 6) is 0.716. The van der Waals surface area contributed by atoms with Gasteiger partial charge in [0.1, 0.15) is 5.69 Å². The van der Waals surface area contributed by atoms with Crippen molar-refractivity contribution in [2.45, 2.75) is 19.3 Å². The summed E-state index contributed by atoms with van der Waals surface area (Å²) in [5.41, 5.74) is -0.295. The molecule has 0 saturated heterocycles. The van der Waals surface area contributed by atoms with E-state index in [4.69, 9.17) is 4.74 Å². The summed E-state index contributed by atoms with van der Waals surface area (Å²) < 4.78 is 5.46. The molecular formula is C13H17N3O5. The van der Waals surface area contributed by atoms with Crippen LogP contribution >= 0.6 is 0 Å². The molecule has 0 radical (unpaired) electrons. The summed E-state index contributed by atoms with van der Waals surface area (Å²) in [5, 5.41) is 24.5. The molecule has 0 unspecified atom stereocenters. The lowest BCUT2D eigenvalue weighted by atomic mass is 10.2. The number of nitro groups is 2. The van der Waals surface area contributed by atoms with Crippen molar-refractivity contribution in [1.29, 1.82) is 0 Å². The highest BCUT2D eigenvalue weighted by molar-refractivity contribution is 5.65. The van der Waals surface area contributed by atoms with Gasteiger partial charge in [0.05, 0.1) is 15.9 Å².